The van der Waals surface area contributed by atoms with E-state index in [0.29, 0.717) is 5.69 Å². The van der Waals surface area contributed by atoms with E-state index in [-0.39, 0.29) is 16.3 Å². The first kappa shape index (κ1) is 11.1. The first-order chi connectivity index (χ1) is 6.31. The maximum atomic E-state index is 11.9. The Morgan fingerprint density at radius 3 is 2.43 bits per heavy atom. The van der Waals surface area contributed by atoms with Crippen LogP contribution in [0.2, 0.25) is 5.02 Å². The molecule has 6 heteroatoms. The van der Waals surface area contributed by atoms with Crippen LogP contribution in [0.3, 0.4) is 0 Å². The number of halogens is 4. The number of hydrogen-bond acceptors (Lipinski definition) is 2. The molecule has 0 saturated carbocycles. The van der Waals surface area contributed by atoms with Gasteiger partial charge in [0.15, 0.2) is 5.75 Å². The molecule has 0 amide bonds. The summed E-state index contributed by atoms with van der Waals surface area (Å²) < 4.78 is 39.3. The Balaban J connectivity index is 3.06. The summed E-state index contributed by atoms with van der Waals surface area (Å²) in [6, 6.07) is 0. The largest absolute Gasteiger partial charge is 0.573 e. The van der Waals surface area contributed by atoms with E-state index in [1.807, 2.05) is 0 Å². The number of aromatic nitrogens is 1. The van der Waals surface area contributed by atoms with Gasteiger partial charge in [-0.1, -0.05) is 11.6 Å². The van der Waals surface area contributed by atoms with Gasteiger partial charge in [0.05, 0.1) is 16.9 Å². The number of hydrogen-bond donors (Lipinski definition) is 0. The van der Waals surface area contributed by atoms with Crippen LogP contribution in [0.15, 0.2) is 6.20 Å². The normalized spacial score (nSPS) is 11.6. The van der Waals surface area contributed by atoms with Crippen LogP contribution in [0.4, 0.5) is 13.2 Å². The van der Waals surface area contributed by atoms with E-state index in [9.17, 15) is 13.2 Å². The highest BCUT2D eigenvalue weighted by molar-refractivity contribution is 6.32. The van der Waals surface area contributed by atoms with E-state index in [0.717, 1.165) is 6.20 Å². The molecule has 0 fully saturated rings. The fourth-order valence-electron chi connectivity index (χ4n) is 0.916. The van der Waals surface area contributed by atoms with Crippen LogP contribution in [0.5, 0.6) is 5.75 Å². The van der Waals surface area contributed by atoms with Gasteiger partial charge in [-0.05, 0) is 13.8 Å². The molecule has 0 bridgehead atoms. The predicted octanol–water partition coefficient (Wildman–Crippen LogP) is 3.25. The molecule has 2 nitrogen and oxygen atoms in total. The van der Waals surface area contributed by atoms with E-state index < -0.39 is 6.36 Å². The second kappa shape index (κ2) is 3.65. The minimum Gasteiger partial charge on any atom is -0.404 e. The molecule has 1 aromatic rings. The average Bonchev–Trinajstić information content (AvgIpc) is 2.04. The summed E-state index contributed by atoms with van der Waals surface area (Å²) in [6.45, 7) is 3.05. The minimum atomic E-state index is -4.72. The second-order valence-electron chi connectivity index (χ2n) is 2.69. The Hall–Kier alpha value is -0.970. The van der Waals surface area contributed by atoms with E-state index >= 15 is 0 Å². The van der Waals surface area contributed by atoms with E-state index in [2.05, 4.69) is 9.72 Å². The van der Waals surface area contributed by atoms with Crippen LogP contribution >= 0.6 is 11.6 Å². The van der Waals surface area contributed by atoms with Crippen LogP contribution in [-0.2, 0) is 0 Å². The highest BCUT2D eigenvalue weighted by atomic mass is 35.5. The average molecular weight is 226 g/mol. The topological polar surface area (TPSA) is 22.1 Å². The van der Waals surface area contributed by atoms with Gasteiger partial charge in [0.1, 0.15) is 0 Å². The van der Waals surface area contributed by atoms with Crippen molar-refractivity contribution in [2.45, 2.75) is 20.2 Å². The highest BCUT2D eigenvalue weighted by Crippen LogP contribution is 2.30. The molecule has 0 N–H and O–H groups in total. The van der Waals surface area contributed by atoms with Crippen molar-refractivity contribution in [3.05, 3.63) is 22.5 Å². The van der Waals surface area contributed by atoms with Crippen molar-refractivity contribution in [2.75, 3.05) is 0 Å². The van der Waals surface area contributed by atoms with Crippen LogP contribution in [0.25, 0.3) is 0 Å². The first-order valence-corrected chi connectivity index (χ1v) is 4.06. The monoisotopic (exact) mass is 225 g/mol. The number of aryl methyl sites for hydroxylation is 1. The Kier molecular flexibility index (Phi) is 2.89. The highest BCUT2D eigenvalue weighted by Gasteiger charge is 2.32. The summed E-state index contributed by atoms with van der Waals surface area (Å²) >= 11 is 5.70. The zero-order chi connectivity index (χ0) is 10.9. The molecule has 0 radical (unpaired) electrons. The van der Waals surface area contributed by atoms with Crippen LogP contribution in [-0.4, -0.2) is 11.3 Å². The molecular weight excluding hydrogens is 219 g/mol. The van der Waals surface area contributed by atoms with Gasteiger partial charge in [-0.2, -0.15) is 0 Å². The molecule has 0 aliphatic heterocycles. The maximum Gasteiger partial charge on any atom is 0.573 e. The molecule has 0 aromatic carbocycles. The summed E-state index contributed by atoms with van der Waals surface area (Å²) in [6.07, 6.45) is -3.71. The SMILES string of the molecule is Cc1ncc(OC(F)(F)F)c(C)c1Cl. The van der Waals surface area contributed by atoms with Crippen LogP contribution in [0.1, 0.15) is 11.3 Å². The van der Waals surface area contributed by atoms with Crippen LogP contribution in [0, 0.1) is 13.8 Å². The molecule has 78 valence electrons. The number of ether oxygens (including phenoxy) is 1. The third-order valence-electron chi connectivity index (χ3n) is 1.62. The second-order valence-corrected chi connectivity index (χ2v) is 3.07. The zero-order valence-corrected chi connectivity index (χ0v) is 8.20. The number of alkyl halides is 3. The smallest absolute Gasteiger partial charge is 0.404 e. The van der Waals surface area contributed by atoms with E-state index in [4.69, 9.17) is 11.6 Å². The van der Waals surface area contributed by atoms with Gasteiger partial charge in [0.25, 0.3) is 0 Å². The molecule has 0 aliphatic carbocycles. The molecule has 14 heavy (non-hydrogen) atoms. The lowest BCUT2D eigenvalue weighted by Crippen LogP contribution is -2.18. The van der Waals surface area contributed by atoms with Crippen LogP contribution < -0.4 is 4.74 Å². The Labute approximate surface area is 83.7 Å². The van der Waals surface area contributed by atoms with Crippen molar-refractivity contribution in [3.63, 3.8) is 0 Å². The lowest BCUT2D eigenvalue weighted by Gasteiger charge is -2.12. The van der Waals surface area contributed by atoms with Crippen molar-refractivity contribution in [2.24, 2.45) is 0 Å². The number of pyridine rings is 1. The summed E-state index contributed by atoms with van der Waals surface area (Å²) in [4.78, 5) is 3.67. The molecule has 0 spiro atoms. The summed E-state index contributed by atoms with van der Waals surface area (Å²) in [5.41, 5.74) is 0.704. The quantitative estimate of drug-likeness (QED) is 0.732. The van der Waals surface area contributed by atoms with Crippen molar-refractivity contribution < 1.29 is 17.9 Å². The lowest BCUT2D eigenvalue weighted by molar-refractivity contribution is -0.274. The number of rotatable bonds is 1. The van der Waals surface area contributed by atoms with Gasteiger partial charge in [-0.3, -0.25) is 4.98 Å². The molecule has 1 heterocycles. The Morgan fingerprint density at radius 1 is 1.36 bits per heavy atom. The number of nitrogens with zero attached hydrogens (tertiary/aromatic N) is 1. The van der Waals surface area contributed by atoms with Gasteiger partial charge in [0.2, 0.25) is 0 Å². The standard InChI is InChI=1S/C8H7ClF3NO/c1-4-6(14-8(10,11)12)3-13-5(2)7(4)9/h3H,1-2H3. The van der Waals surface area contributed by atoms with Gasteiger partial charge < -0.3 is 4.74 Å². The van der Waals surface area contributed by atoms with Crippen molar-refractivity contribution in [1.82, 2.24) is 4.98 Å². The summed E-state index contributed by atoms with van der Waals surface area (Å²) in [5, 5.41) is 0.187. The summed E-state index contributed by atoms with van der Waals surface area (Å²) in [5.74, 6) is -0.367. The molecular formula is C8H7ClF3NO. The third-order valence-corrected chi connectivity index (χ3v) is 2.17. The molecule has 0 unspecified atom stereocenters. The van der Waals surface area contributed by atoms with Crippen molar-refractivity contribution >= 4 is 11.6 Å². The molecule has 1 rings (SSSR count). The van der Waals surface area contributed by atoms with E-state index in [1.54, 1.807) is 6.92 Å². The maximum absolute atomic E-state index is 11.9. The van der Waals surface area contributed by atoms with Gasteiger partial charge >= 0.3 is 6.36 Å². The molecule has 0 aliphatic rings. The van der Waals surface area contributed by atoms with Gasteiger partial charge in [0, 0.05) is 5.56 Å². The Morgan fingerprint density at radius 2 is 1.93 bits per heavy atom. The molecule has 0 saturated heterocycles. The van der Waals surface area contributed by atoms with Crippen molar-refractivity contribution in [3.8, 4) is 5.75 Å². The third kappa shape index (κ3) is 2.51. The molecule has 0 atom stereocenters. The fraction of sp³-hybridized carbons (Fsp3) is 0.375. The lowest BCUT2D eigenvalue weighted by atomic mass is 10.2. The minimum absolute atomic E-state index is 0.187. The van der Waals surface area contributed by atoms with Crippen molar-refractivity contribution in [1.29, 1.82) is 0 Å². The fourth-order valence-corrected chi connectivity index (χ4v) is 1.06. The molecule has 1 aromatic heterocycles. The van der Waals surface area contributed by atoms with Gasteiger partial charge in [-0.25, -0.2) is 0 Å². The zero-order valence-electron chi connectivity index (χ0n) is 7.44. The Bertz CT molecular complexity index is 351. The van der Waals surface area contributed by atoms with E-state index in [1.165, 1.54) is 6.92 Å². The summed E-state index contributed by atoms with van der Waals surface area (Å²) in [7, 11) is 0. The predicted molar refractivity (Wildman–Crippen MR) is 45.4 cm³/mol. The first-order valence-electron chi connectivity index (χ1n) is 3.68. The van der Waals surface area contributed by atoms with Gasteiger partial charge in [-0.15, -0.1) is 13.2 Å².